The van der Waals surface area contributed by atoms with Crippen LogP contribution in [0.15, 0.2) is 78.9 Å². The van der Waals surface area contributed by atoms with E-state index in [4.69, 9.17) is 4.74 Å². The molecule has 0 spiro atoms. The Bertz CT molecular complexity index is 963. The lowest BCUT2D eigenvalue weighted by atomic mass is 9.90. The van der Waals surface area contributed by atoms with Crippen molar-refractivity contribution in [1.29, 1.82) is 0 Å². The van der Waals surface area contributed by atoms with Gasteiger partial charge in [0.15, 0.2) is 6.61 Å². The van der Waals surface area contributed by atoms with Gasteiger partial charge in [0, 0.05) is 18.8 Å². The Morgan fingerprint density at radius 3 is 2.18 bits per heavy atom. The fraction of sp³-hybridized carbons (Fsp3) is 0.130. The van der Waals surface area contributed by atoms with Gasteiger partial charge >= 0.3 is 0 Å². The summed E-state index contributed by atoms with van der Waals surface area (Å²) in [7, 11) is 1.71. The van der Waals surface area contributed by atoms with E-state index in [-0.39, 0.29) is 18.4 Å². The van der Waals surface area contributed by atoms with Gasteiger partial charge < -0.3 is 15.0 Å². The fourth-order valence-electron chi connectivity index (χ4n) is 3.36. The highest BCUT2D eigenvalue weighted by Gasteiger charge is 2.25. The van der Waals surface area contributed by atoms with E-state index in [9.17, 15) is 9.59 Å². The maximum atomic E-state index is 13.2. The number of rotatable bonds is 4. The minimum absolute atomic E-state index is 0.00243. The molecule has 0 atom stereocenters. The number of hydrogen-bond acceptors (Lipinski definition) is 3. The predicted molar refractivity (Wildman–Crippen MR) is 109 cm³/mol. The van der Waals surface area contributed by atoms with Crippen molar-refractivity contribution in [1.82, 2.24) is 0 Å². The number of fused-ring (bicyclic) bond motifs is 1. The molecule has 5 heteroatoms. The Morgan fingerprint density at radius 1 is 0.964 bits per heavy atom. The maximum absolute atomic E-state index is 13.2. The van der Waals surface area contributed by atoms with Crippen LogP contribution in [0, 0.1) is 0 Å². The summed E-state index contributed by atoms with van der Waals surface area (Å²) >= 11 is 0. The first-order valence-electron chi connectivity index (χ1n) is 9.07. The van der Waals surface area contributed by atoms with E-state index in [0.717, 1.165) is 11.1 Å². The molecule has 3 aromatic carbocycles. The van der Waals surface area contributed by atoms with Crippen molar-refractivity contribution in [2.75, 3.05) is 23.9 Å². The van der Waals surface area contributed by atoms with E-state index < -0.39 is 5.92 Å². The lowest BCUT2D eigenvalue weighted by Gasteiger charge is -2.26. The summed E-state index contributed by atoms with van der Waals surface area (Å²) in [6.45, 7) is -0.00243. The van der Waals surface area contributed by atoms with Crippen LogP contribution in [-0.4, -0.2) is 25.5 Å². The van der Waals surface area contributed by atoms with E-state index >= 15 is 0 Å². The third-order valence-electron chi connectivity index (χ3n) is 4.84. The van der Waals surface area contributed by atoms with Crippen molar-refractivity contribution in [3.8, 4) is 5.75 Å². The van der Waals surface area contributed by atoms with Crippen LogP contribution in [0.2, 0.25) is 0 Å². The van der Waals surface area contributed by atoms with Gasteiger partial charge in [-0.2, -0.15) is 0 Å². The molecule has 28 heavy (non-hydrogen) atoms. The largest absolute Gasteiger partial charge is 0.481 e. The number of ether oxygens (including phenoxy) is 1. The van der Waals surface area contributed by atoms with Crippen LogP contribution < -0.4 is 15.0 Å². The number of nitrogens with one attached hydrogen (secondary N) is 1. The van der Waals surface area contributed by atoms with Gasteiger partial charge in [0.1, 0.15) is 5.75 Å². The number of amides is 2. The summed E-state index contributed by atoms with van der Waals surface area (Å²) in [4.78, 5) is 26.5. The molecular weight excluding hydrogens is 352 g/mol. The van der Waals surface area contributed by atoms with E-state index in [1.165, 1.54) is 0 Å². The second-order valence-electron chi connectivity index (χ2n) is 6.67. The fourth-order valence-corrected chi connectivity index (χ4v) is 3.36. The number of likely N-dealkylation sites (N-methyl/N-ethyl adjacent to an activating group) is 1. The first-order chi connectivity index (χ1) is 13.6. The second kappa shape index (κ2) is 7.56. The lowest BCUT2D eigenvalue weighted by molar-refractivity contribution is -0.121. The maximum Gasteiger partial charge on any atom is 0.264 e. The second-order valence-corrected chi connectivity index (χ2v) is 6.67. The molecule has 0 aliphatic carbocycles. The highest BCUT2D eigenvalue weighted by molar-refractivity contribution is 6.00. The molecule has 3 aromatic rings. The topological polar surface area (TPSA) is 58.6 Å². The number of benzene rings is 3. The molecule has 1 aliphatic heterocycles. The molecule has 5 nitrogen and oxygen atoms in total. The van der Waals surface area contributed by atoms with Crippen LogP contribution >= 0.6 is 0 Å². The van der Waals surface area contributed by atoms with E-state index in [2.05, 4.69) is 5.32 Å². The smallest absolute Gasteiger partial charge is 0.264 e. The average molecular weight is 372 g/mol. The van der Waals surface area contributed by atoms with E-state index in [1.54, 1.807) is 30.1 Å². The Balaban J connectivity index is 1.63. The van der Waals surface area contributed by atoms with Crippen molar-refractivity contribution < 1.29 is 14.3 Å². The molecule has 0 fully saturated rings. The van der Waals surface area contributed by atoms with Gasteiger partial charge in [-0.05, 0) is 23.3 Å². The molecule has 140 valence electrons. The minimum atomic E-state index is -0.427. The zero-order valence-corrected chi connectivity index (χ0v) is 15.5. The van der Waals surface area contributed by atoms with Gasteiger partial charge in [-0.25, -0.2) is 0 Å². The summed E-state index contributed by atoms with van der Waals surface area (Å²) in [6.07, 6.45) is 0. The first kappa shape index (κ1) is 17.8. The van der Waals surface area contributed by atoms with Crippen LogP contribution in [0.3, 0.4) is 0 Å². The van der Waals surface area contributed by atoms with Crippen LogP contribution in [0.1, 0.15) is 17.0 Å². The van der Waals surface area contributed by atoms with Crippen LogP contribution in [-0.2, 0) is 9.59 Å². The molecule has 0 saturated carbocycles. The molecule has 1 aliphatic rings. The lowest BCUT2D eigenvalue weighted by Crippen LogP contribution is -2.35. The summed E-state index contributed by atoms with van der Waals surface area (Å²) in [6, 6.07) is 24.7. The van der Waals surface area contributed by atoms with Crippen molar-refractivity contribution in [2.45, 2.75) is 5.92 Å². The number of hydrogen-bond donors (Lipinski definition) is 1. The molecule has 4 rings (SSSR count). The molecule has 0 radical (unpaired) electrons. The van der Waals surface area contributed by atoms with Gasteiger partial charge in [0.25, 0.3) is 5.91 Å². The quantitative estimate of drug-likeness (QED) is 0.758. The minimum Gasteiger partial charge on any atom is -0.481 e. The van der Waals surface area contributed by atoms with Crippen LogP contribution in [0.5, 0.6) is 5.75 Å². The zero-order chi connectivity index (χ0) is 19.5. The number of carbonyl (C=O) groups excluding carboxylic acids is 2. The first-order valence-corrected chi connectivity index (χ1v) is 9.07. The highest BCUT2D eigenvalue weighted by Crippen LogP contribution is 2.34. The Labute approximate surface area is 163 Å². The molecule has 2 amide bonds. The number of anilines is 2. The van der Waals surface area contributed by atoms with E-state index in [1.807, 2.05) is 60.7 Å². The molecular formula is C23H20N2O3. The highest BCUT2D eigenvalue weighted by atomic mass is 16.5. The Hall–Kier alpha value is -3.60. The SMILES string of the molecule is CN1C(=O)COc2cc(NC(=O)C(c3ccccc3)c3ccccc3)ccc21. The molecule has 0 aromatic heterocycles. The van der Waals surface area contributed by atoms with E-state index in [0.29, 0.717) is 17.1 Å². The van der Waals surface area contributed by atoms with Crippen molar-refractivity contribution in [2.24, 2.45) is 0 Å². The van der Waals surface area contributed by atoms with Gasteiger partial charge in [0.2, 0.25) is 5.91 Å². The van der Waals surface area contributed by atoms with Crippen molar-refractivity contribution >= 4 is 23.2 Å². The van der Waals surface area contributed by atoms with Crippen molar-refractivity contribution in [3.05, 3.63) is 90.0 Å². The molecule has 0 saturated heterocycles. The number of nitrogens with zero attached hydrogens (tertiary/aromatic N) is 1. The number of carbonyl (C=O) groups is 2. The standard InChI is InChI=1S/C23H20N2O3/c1-25-19-13-12-18(14-20(19)28-15-21(25)26)24-23(27)22(16-8-4-2-5-9-16)17-10-6-3-7-11-17/h2-14,22H,15H2,1H3,(H,24,27). The summed E-state index contributed by atoms with van der Waals surface area (Å²) in [5.41, 5.74) is 3.16. The molecule has 0 bridgehead atoms. The third kappa shape index (κ3) is 3.47. The van der Waals surface area contributed by atoms with Gasteiger partial charge in [0.05, 0.1) is 11.6 Å². The summed E-state index contributed by atoms with van der Waals surface area (Å²) in [5, 5.41) is 2.99. The van der Waals surface area contributed by atoms with Gasteiger partial charge in [-0.3, -0.25) is 9.59 Å². The Morgan fingerprint density at radius 2 is 1.57 bits per heavy atom. The summed E-state index contributed by atoms with van der Waals surface area (Å²) in [5.74, 6) is -0.0745. The monoisotopic (exact) mass is 372 g/mol. The van der Waals surface area contributed by atoms with Crippen LogP contribution in [0.25, 0.3) is 0 Å². The van der Waals surface area contributed by atoms with Crippen molar-refractivity contribution in [3.63, 3.8) is 0 Å². The molecule has 0 unspecified atom stereocenters. The molecule has 1 N–H and O–H groups in total. The van der Waals surface area contributed by atoms with Gasteiger partial charge in [-0.1, -0.05) is 60.7 Å². The molecule has 1 heterocycles. The summed E-state index contributed by atoms with van der Waals surface area (Å²) < 4.78 is 5.52. The zero-order valence-electron chi connectivity index (χ0n) is 15.5. The third-order valence-corrected chi connectivity index (χ3v) is 4.84. The van der Waals surface area contributed by atoms with Gasteiger partial charge in [-0.15, -0.1) is 0 Å². The Kier molecular flexibility index (Phi) is 4.81. The average Bonchev–Trinajstić information content (AvgIpc) is 2.73. The predicted octanol–water partition coefficient (Wildman–Crippen LogP) is 3.81. The van der Waals surface area contributed by atoms with Crippen LogP contribution in [0.4, 0.5) is 11.4 Å². The normalized spacial score (nSPS) is 13.1.